The van der Waals surface area contributed by atoms with Crippen LogP contribution in [0, 0.1) is 6.92 Å². The number of nitrogens with two attached hydrogens (primary N) is 1. The third-order valence-electron chi connectivity index (χ3n) is 2.24. The molecule has 1 atom stereocenters. The van der Waals surface area contributed by atoms with E-state index in [4.69, 9.17) is 15.0 Å². The number of ether oxygens (including phenoxy) is 1. The highest BCUT2D eigenvalue weighted by Crippen LogP contribution is 2.00. The predicted octanol–water partition coefficient (Wildman–Crippen LogP) is 0.222. The second kappa shape index (κ2) is 7.32. The van der Waals surface area contributed by atoms with E-state index in [0.29, 0.717) is 31.4 Å². The molecule has 0 aliphatic rings. The molecule has 6 nitrogen and oxygen atoms in total. The van der Waals surface area contributed by atoms with Gasteiger partial charge in [-0.05, 0) is 26.3 Å². The van der Waals surface area contributed by atoms with Gasteiger partial charge in [-0.2, -0.15) is 4.98 Å². The fourth-order valence-electron chi connectivity index (χ4n) is 1.45. The van der Waals surface area contributed by atoms with Crippen molar-refractivity contribution in [3.63, 3.8) is 0 Å². The van der Waals surface area contributed by atoms with Crippen molar-refractivity contribution in [1.82, 2.24) is 15.5 Å². The van der Waals surface area contributed by atoms with Gasteiger partial charge in [-0.25, -0.2) is 0 Å². The number of aromatic nitrogens is 2. The molecule has 1 unspecified atom stereocenters. The number of nitrogens with one attached hydrogen (secondary N) is 1. The highest BCUT2D eigenvalue weighted by Gasteiger charge is 2.09. The molecule has 0 aliphatic carbocycles. The smallest absolute Gasteiger partial charge is 0.240 e. The van der Waals surface area contributed by atoms with Crippen molar-refractivity contribution in [2.75, 3.05) is 20.3 Å². The summed E-state index contributed by atoms with van der Waals surface area (Å²) < 4.78 is 10.1. The Morgan fingerprint density at radius 3 is 2.94 bits per heavy atom. The normalized spacial score (nSPS) is 12.9. The van der Waals surface area contributed by atoms with Crippen LogP contribution in [-0.2, 0) is 11.3 Å². The van der Waals surface area contributed by atoms with Gasteiger partial charge in [-0.3, -0.25) is 0 Å². The Labute approximate surface area is 95.5 Å². The molecule has 1 heterocycles. The Bertz CT molecular complexity index is 290. The third-order valence-corrected chi connectivity index (χ3v) is 2.24. The fraction of sp³-hybridized carbons (Fsp3) is 0.800. The van der Waals surface area contributed by atoms with Gasteiger partial charge in [-0.1, -0.05) is 5.16 Å². The highest BCUT2D eigenvalue weighted by atomic mass is 16.5. The van der Waals surface area contributed by atoms with Crippen LogP contribution in [0.15, 0.2) is 4.52 Å². The Hall–Kier alpha value is -0.980. The van der Waals surface area contributed by atoms with Gasteiger partial charge >= 0.3 is 0 Å². The molecule has 0 aliphatic heterocycles. The number of aryl methyl sites for hydroxylation is 1. The van der Waals surface area contributed by atoms with Crippen LogP contribution in [0.5, 0.6) is 0 Å². The zero-order valence-corrected chi connectivity index (χ0v) is 9.90. The molecule has 0 spiro atoms. The average Bonchev–Trinajstić information content (AvgIpc) is 2.68. The van der Waals surface area contributed by atoms with Gasteiger partial charge in [0, 0.05) is 13.2 Å². The quantitative estimate of drug-likeness (QED) is 0.662. The standard InChI is InChI=1S/C10H20N4O2/c1-8-13-10(16-14-8)6-12-9(7-15-2)4-3-5-11/h9,12H,3-7,11H2,1-2H3. The molecule has 0 saturated heterocycles. The monoisotopic (exact) mass is 228 g/mol. The van der Waals surface area contributed by atoms with E-state index >= 15 is 0 Å². The fourth-order valence-corrected chi connectivity index (χ4v) is 1.45. The molecule has 0 saturated carbocycles. The van der Waals surface area contributed by atoms with E-state index in [2.05, 4.69) is 15.5 Å². The molecule has 16 heavy (non-hydrogen) atoms. The van der Waals surface area contributed by atoms with Crippen LogP contribution < -0.4 is 11.1 Å². The molecule has 0 radical (unpaired) electrons. The van der Waals surface area contributed by atoms with E-state index in [1.54, 1.807) is 14.0 Å². The van der Waals surface area contributed by atoms with Crippen molar-refractivity contribution in [1.29, 1.82) is 0 Å². The van der Waals surface area contributed by atoms with Gasteiger partial charge < -0.3 is 20.3 Å². The predicted molar refractivity (Wildman–Crippen MR) is 59.8 cm³/mol. The maximum Gasteiger partial charge on any atom is 0.240 e. The van der Waals surface area contributed by atoms with Gasteiger partial charge in [0.25, 0.3) is 0 Å². The third kappa shape index (κ3) is 4.69. The minimum atomic E-state index is 0.278. The van der Waals surface area contributed by atoms with Crippen LogP contribution in [-0.4, -0.2) is 36.4 Å². The topological polar surface area (TPSA) is 86.2 Å². The Balaban J connectivity index is 2.30. The largest absolute Gasteiger partial charge is 0.383 e. The van der Waals surface area contributed by atoms with Crippen molar-refractivity contribution in [2.24, 2.45) is 5.73 Å². The molecule has 0 bridgehead atoms. The van der Waals surface area contributed by atoms with Crippen molar-refractivity contribution in [3.8, 4) is 0 Å². The van der Waals surface area contributed by atoms with Crippen molar-refractivity contribution in [2.45, 2.75) is 32.4 Å². The molecular weight excluding hydrogens is 208 g/mol. The van der Waals surface area contributed by atoms with Crippen LogP contribution in [0.25, 0.3) is 0 Å². The SMILES string of the molecule is COCC(CCCN)NCc1nc(C)no1. The van der Waals surface area contributed by atoms with Gasteiger partial charge in [0.15, 0.2) is 5.82 Å². The molecule has 1 aromatic heterocycles. The summed E-state index contributed by atoms with van der Waals surface area (Å²) in [6, 6.07) is 0.278. The number of hydrogen-bond acceptors (Lipinski definition) is 6. The zero-order valence-electron chi connectivity index (χ0n) is 9.90. The van der Waals surface area contributed by atoms with E-state index in [-0.39, 0.29) is 6.04 Å². The summed E-state index contributed by atoms with van der Waals surface area (Å²) in [5.74, 6) is 1.26. The van der Waals surface area contributed by atoms with Gasteiger partial charge in [0.1, 0.15) is 0 Å². The molecule has 0 fully saturated rings. The van der Waals surface area contributed by atoms with Crippen molar-refractivity contribution < 1.29 is 9.26 Å². The van der Waals surface area contributed by atoms with Crippen LogP contribution in [0.4, 0.5) is 0 Å². The number of hydrogen-bond donors (Lipinski definition) is 2. The minimum Gasteiger partial charge on any atom is -0.383 e. The van der Waals surface area contributed by atoms with Crippen LogP contribution in [0.1, 0.15) is 24.6 Å². The maximum absolute atomic E-state index is 5.47. The zero-order chi connectivity index (χ0) is 11.8. The van der Waals surface area contributed by atoms with E-state index in [1.165, 1.54) is 0 Å². The summed E-state index contributed by atoms with van der Waals surface area (Å²) in [4.78, 5) is 4.12. The number of nitrogens with zero attached hydrogens (tertiary/aromatic N) is 2. The second-order valence-corrected chi connectivity index (χ2v) is 3.70. The van der Waals surface area contributed by atoms with Crippen molar-refractivity contribution >= 4 is 0 Å². The first-order valence-corrected chi connectivity index (χ1v) is 5.47. The summed E-state index contributed by atoms with van der Waals surface area (Å²) in [5, 5.41) is 7.03. The molecule has 92 valence electrons. The van der Waals surface area contributed by atoms with Gasteiger partial charge in [0.2, 0.25) is 5.89 Å². The van der Waals surface area contributed by atoms with Crippen molar-refractivity contribution in [3.05, 3.63) is 11.7 Å². The summed E-state index contributed by atoms with van der Waals surface area (Å²) >= 11 is 0. The first-order chi connectivity index (χ1) is 7.76. The van der Waals surface area contributed by atoms with Crippen LogP contribution >= 0.6 is 0 Å². The summed E-state index contributed by atoms with van der Waals surface area (Å²) in [5.41, 5.74) is 5.47. The lowest BCUT2D eigenvalue weighted by molar-refractivity contribution is 0.159. The highest BCUT2D eigenvalue weighted by molar-refractivity contribution is 4.83. The van der Waals surface area contributed by atoms with E-state index in [9.17, 15) is 0 Å². The van der Waals surface area contributed by atoms with Crippen LogP contribution in [0.2, 0.25) is 0 Å². The minimum absolute atomic E-state index is 0.278. The van der Waals surface area contributed by atoms with Crippen LogP contribution in [0.3, 0.4) is 0 Å². The first-order valence-electron chi connectivity index (χ1n) is 5.47. The summed E-state index contributed by atoms with van der Waals surface area (Å²) in [7, 11) is 1.69. The lowest BCUT2D eigenvalue weighted by Crippen LogP contribution is -2.33. The Morgan fingerprint density at radius 1 is 1.56 bits per heavy atom. The van der Waals surface area contributed by atoms with E-state index in [0.717, 1.165) is 12.8 Å². The lowest BCUT2D eigenvalue weighted by Gasteiger charge is -2.16. The van der Waals surface area contributed by atoms with Gasteiger partial charge in [-0.15, -0.1) is 0 Å². The number of rotatable bonds is 8. The summed E-state index contributed by atoms with van der Waals surface area (Å²) in [6.07, 6.45) is 1.96. The first kappa shape index (κ1) is 13.1. The van der Waals surface area contributed by atoms with Gasteiger partial charge in [0.05, 0.1) is 13.2 Å². The molecule has 6 heteroatoms. The lowest BCUT2D eigenvalue weighted by atomic mass is 10.1. The molecule has 1 aromatic rings. The molecule has 3 N–H and O–H groups in total. The Kier molecular flexibility index (Phi) is 5.99. The van der Waals surface area contributed by atoms with E-state index < -0.39 is 0 Å². The second-order valence-electron chi connectivity index (χ2n) is 3.70. The molecule has 0 amide bonds. The van der Waals surface area contributed by atoms with E-state index in [1.807, 2.05) is 0 Å². The molecular formula is C10H20N4O2. The Morgan fingerprint density at radius 2 is 2.38 bits per heavy atom. The molecule has 0 aromatic carbocycles. The average molecular weight is 228 g/mol. The summed E-state index contributed by atoms with van der Waals surface area (Å²) in [6.45, 7) is 3.72. The number of methoxy groups -OCH3 is 1. The maximum atomic E-state index is 5.47. The molecule has 1 rings (SSSR count).